The minimum Gasteiger partial charge on any atom is -0.455 e. The van der Waals surface area contributed by atoms with E-state index in [1.54, 1.807) is 12.1 Å². The number of halogens is 2. The van der Waals surface area contributed by atoms with Crippen molar-refractivity contribution in [2.24, 2.45) is 0 Å². The highest BCUT2D eigenvalue weighted by Gasteiger charge is 2.25. The average molecular weight is 526 g/mol. The molecule has 4 rings (SSSR count). The van der Waals surface area contributed by atoms with Crippen molar-refractivity contribution < 1.29 is 23.1 Å². The molecule has 6 nitrogen and oxygen atoms in total. The third kappa shape index (κ3) is 8.21. The Hall–Kier alpha value is -3.07. The number of aliphatic hydroxyl groups is 1. The van der Waals surface area contributed by atoms with Crippen molar-refractivity contribution in [1.29, 1.82) is 0 Å². The van der Waals surface area contributed by atoms with Crippen molar-refractivity contribution in [3.63, 3.8) is 0 Å². The van der Waals surface area contributed by atoms with Gasteiger partial charge in [0.2, 0.25) is 0 Å². The van der Waals surface area contributed by atoms with E-state index in [-0.39, 0.29) is 18.7 Å². The Kier molecular flexibility index (Phi) is 10.0. The van der Waals surface area contributed by atoms with Gasteiger partial charge in [-0.25, -0.2) is 8.78 Å². The summed E-state index contributed by atoms with van der Waals surface area (Å²) in [6.45, 7) is 5.47. The number of piperidine rings is 1. The number of aliphatic hydroxyl groups excluding tert-OH is 1. The number of likely N-dealkylation sites (tertiary alicyclic amines) is 1. The zero-order valence-electron chi connectivity index (χ0n) is 21.9. The van der Waals surface area contributed by atoms with Gasteiger partial charge in [-0.15, -0.1) is 0 Å². The van der Waals surface area contributed by atoms with Gasteiger partial charge in [-0.1, -0.05) is 37.6 Å². The molecule has 2 aromatic carbocycles. The number of aryl methyl sites for hydroxylation is 1. The van der Waals surface area contributed by atoms with Crippen LogP contribution in [0.15, 0.2) is 59.0 Å². The van der Waals surface area contributed by atoms with Crippen molar-refractivity contribution in [2.45, 2.75) is 64.3 Å². The predicted octanol–water partition coefficient (Wildman–Crippen LogP) is 4.60. The van der Waals surface area contributed by atoms with E-state index < -0.39 is 29.7 Å². The van der Waals surface area contributed by atoms with Crippen molar-refractivity contribution in [3.8, 4) is 0 Å². The molecule has 2 heterocycles. The number of hydrogen-bond acceptors (Lipinski definition) is 5. The molecule has 1 amide bonds. The van der Waals surface area contributed by atoms with Crippen LogP contribution >= 0.6 is 0 Å². The lowest BCUT2D eigenvalue weighted by Gasteiger charge is -2.25. The van der Waals surface area contributed by atoms with Gasteiger partial charge in [-0.2, -0.15) is 0 Å². The molecule has 0 radical (unpaired) electrons. The molecular weight excluding hydrogens is 488 g/mol. The normalized spacial score (nSPS) is 15.8. The first-order valence-electron chi connectivity index (χ1n) is 13.4. The van der Waals surface area contributed by atoms with E-state index in [1.807, 2.05) is 12.1 Å². The van der Waals surface area contributed by atoms with Crippen LogP contribution < -0.4 is 10.6 Å². The molecule has 1 saturated heterocycles. The Morgan fingerprint density at radius 3 is 2.47 bits per heavy atom. The summed E-state index contributed by atoms with van der Waals surface area (Å²) in [7, 11) is 0. The van der Waals surface area contributed by atoms with Crippen LogP contribution in [0.1, 0.15) is 59.2 Å². The van der Waals surface area contributed by atoms with E-state index in [1.165, 1.54) is 24.1 Å². The summed E-state index contributed by atoms with van der Waals surface area (Å²) in [5, 5.41) is 17.1. The van der Waals surface area contributed by atoms with Gasteiger partial charge in [0.1, 0.15) is 17.4 Å². The molecule has 1 aliphatic heterocycles. The van der Waals surface area contributed by atoms with Gasteiger partial charge in [0, 0.05) is 19.2 Å². The molecule has 3 aromatic rings. The van der Waals surface area contributed by atoms with E-state index >= 15 is 0 Å². The number of benzene rings is 2. The number of nitrogens with zero attached hydrogens (tertiary/aromatic N) is 1. The quantitative estimate of drug-likeness (QED) is 0.322. The molecule has 2 unspecified atom stereocenters. The summed E-state index contributed by atoms with van der Waals surface area (Å²) in [5.41, 5.74) is 2.65. The third-order valence-corrected chi connectivity index (χ3v) is 6.95. The van der Waals surface area contributed by atoms with E-state index in [2.05, 4.69) is 34.6 Å². The fourth-order valence-electron chi connectivity index (χ4n) is 4.89. The summed E-state index contributed by atoms with van der Waals surface area (Å²) in [5.74, 6) is -1.04. The van der Waals surface area contributed by atoms with Crippen molar-refractivity contribution in [1.82, 2.24) is 15.5 Å². The molecule has 3 N–H and O–H groups in total. The SMILES string of the molecule is CCc1cccc(CNCC(O)C(Cc2cc(F)cc(F)c2)NC(=O)c2ccc(CN3CCCCC3)o2)c1. The largest absolute Gasteiger partial charge is 0.455 e. The first-order chi connectivity index (χ1) is 18.4. The summed E-state index contributed by atoms with van der Waals surface area (Å²) in [6, 6.07) is 14.0. The van der Waals surface area contributed by atoms with Gasteiger partial charge >= 0.3 is 0 Å². The van der Waals surface area contributed by atoms with Crippen LogP contribution in [-0.2, 0) is 25.9 Å². The highest BCUT2D eigenvalue weighted by molar-refractivity contribution is 5.91. The molecule has 8 heteroatoms. The number of hydrogen-bond donors (Lipinski definition) is 3. The molecule has 0 bridgehead atoms. The van der Waals surface area contributed by atoms with E-state index in [0.717, 1.165) is 44.0 Å². The second-order valence-electron chi connectivity index (χ2n) is 10.0. The minimum absolute atomic E-state index is 0.0515. The van der Waals surface area contributed by atoms with Gasteiger partial charge in [0.25, 0.3) is 5.91 Å². The molecule has 2 atom stereocenters. The minimum atomic E-state index is -1.01. The van der Waals surface area contributed by atoms with E-state index in [0.29, 0.717) is 24.4 Å². The Morgan fingerprint density at radius 1 is 1.00 bits per heavy atom. The number of rotatable bonds is 12. The average Bonchev–Trinajstić information content (AvgIpc) is 3.37. The van der Waals surface area contributed by atoms with Gasteiger partial charge in [0.15, 0.2) is 5.76 Å². The van der Waals surface area contributed by atoms with Crippen LogP contribution in [0, 0.1) is 11.6 Å². The van der Waals surface area contributed by atoms with Gasteiger partial charge in [0.05, 0.1) is 18.7 Å². The lowest BCUT2D eigenvalue weighted by atomic mass is 10.00. The first-order valence-corrected chi connectivity index (χ1v) is 13.4. The van der Waals surface area contributed by atoms with Crippen LogP contribution in [0.2, 0.25) is 0 Å². The summed E-state index contributed by atoms with van der Waals surface area (Å²) in [6.07, 6.45) is 3.53. The van der Waals surface area contributed by atoms with Gasteiger partial charge in [-0.3, -0.25) is 9.69 Å². The Labute approximate surface area is 223 Å². The molecule has 0 aliphatic carbocycles. The van der Waals surface area contributed by atoms with Crippen molar-refractivity contribution in [2.75, 3.05) is 19.6 Å². The third-order valence-electron chi connectivity index (χ3n) is 6.95. The van der Waals surface area contributed by atoms with Crippen LogP contribution in [0.4, 0.5) is 8.78 Å². The number of furan rings is 1. The molecular formula is C30H37F2N3O3. The van der Waals surface area contributed by atoms with E-state index in [4.69, 9.17) is 4.42 Å². The molecule has 38 heavy (non-hydrogen) atoms. The van der Waals surface area contributed by atoms with Crippen molar-refractivity contribution >= 4 is 5.91 Å². The van der Waals surface area contributed by atoms with Crippen molar-refractivity contribution in [3.05, 3.63) is 94.4 Å². The maximum atomic E-state index is 13.8. The lowest BCUT2D eigenvalue weighted by molar-refractivity contribution is 0.0801. The topological polar surface area (TPSA) is 77.7 Å². The maximum absolute atomic E-state index is 13.8. The van der Waals surface area contributed by atoms with Gasteiger partial charge < -0.3 is 20.2 Å². The number of carbonyl (C=O) groups excluding carboxylic acids is 1. The molecule has 1 aliphatic rings. The summed E-state index contributed by atoms with van der Waals surface area (Å²) in [4.78, 5) is 15.4. The lowest BCUT2D eigenvalue weighted by Crippen LogP contribution is -2.48. The summed E-state index contributed by atoms with van der Waals surface area (Å²) < 4.78 is 33.5. The first kappa shape index (κ1) is 28.0. The zero-order valence-corrected chi connectivity index (χ0v) is 21.9. The monoisotopic (exact) mass is 525 g/mol. The summed E-state index contributed by atoms with van der Waals surface area (Å²) >= 11 is 0. The highest BCUT2D eigenvalue weighted by atomic mass is 19.1. The molecule has 1 aromatic heterocycles. The molecule has 0 saturated carbocycles. The Balaban J connectivity index is 1.41. The maximum Gasteiger partial charge on any atom is 0.287 e. The smallest absolute Gasteiger partial charge is 0.287 e. The molecule has 204 valence electrons. The highest BCUT2D eigenvalue weighted by Crippen LogP contribution is 2.17. The number of amides is 1. The van der Waals surface area contributed by atoms with Crippen LogP contribution in [-0.4, -0.2) is 47.7 Å². The number of nitrogens with one attached hydrogen (secondary N) is 2. The Morgan fingerprint density at radius 2 is 1.74 bits per heavy atom. The second-order valence-corrected chi connectivity index (χ2v) is 10.0. The standard InChI is InChI=1S/C30H37F2N3O3/c1-2-21-7-6-8-22(13-21)18-33-19-28(36)27(16-23-14-24(31)17-25(32)15-23)34-30(37)29-10-9-26(38-29)20-35-11-4-3-5-12-35/h6-10,13-15,17,27-28,33,36H,2-5,11-12,16,18-20H2,1H3,(H,34,37). The van der Waals surface area contributed by atoms with Gasteiger partial charge in [-0.05, 0) is 79.7 Å². The number of carbonyl (C=O) groups is 1. The van der Waals surface area contributed by atoms with Crippen LogP contribution in [0.25, 0.3) is 0 Å². The Bertz CT molecular complexity index is 1170. The predicted molar refractivity (Wildman–Crippen MR) is 143 cm³/mol. The molecule has 1 fully saturated rings. The molecule has 0 spiro atoms. The fraction of sp³-hybridized carbons (Fsp3) is 0.433. The van der Waals surface area contributed by atoms with Crippen LogP contribution in [0.5, 0.6) is 0 Å². The van der Waals surface area contributed by atoms with E-state index in [9.17, 15) is 18.7 Å². The zero-order chi connectivity index (χ0) is 26.9. The fourth-order valence-corrected chi connectivity index (χ4v) is 4.89. The van der Waals surface area contributed by atoms with Crippen LogP contribution in [0.3, 0.4) is 0 Å². The second kappa shape index (κ2) is 13.6.